The first-order chi connectivity index (χ1) is 13.3. The minimum Gasteiger partial charge on any atom is -0.379 e. The van der Waals surface area contributed by atoms with E-state index in [4.69, 9.17) is 4.74 Å². The quantitative estimate of drug-likeness (QED) is 0.848. The molecule has 146 valence electrons. The van der Waals surface area contributed by atoms with Gasteiger partial charge < -0.3 is 19.9 Å². The number of nitrogens with zero attached hydrogens (tertiary/aromatic N) is 3. The lowest BCUT2D eigenvalue weighted by molar-refractivity contribution is 0.0365. The van der Waals surface area contributed by atoms with E-state index in [0.717, 1.165) is 69.0 Å². The molecule has 2 amide bonds. The Hall–Kier alpha value is -2.12. The van der Waals surface area contributed by atoms with Crippen molar-refractivity contribution in [1.29, 1.82) is 0 Å². The molecule has 0 atom stereocenters. The zero-order valence-electron chi connectivity index (χ0n) is 15.8. The Morgan fingerprint density at radius 3 is 2.78 bits per heavy atom. The highest BCUT2D eigenvalue weighted by Gasteiger charge is 2.16. The molecule has 0 radical (unpaired) electrons. The van der Waals surface area contributed by atoms with Gasteiger partial charge in [-0.2, -0.15) is 0 Å². The van der Waals surface area contributed by atoms with Gasteiger partial charge in [0.25, 0.3) is 0 Å². The summed E-state index contributed by atoms with van der Waals surface area (Å²) in [5.41, 5.74) is 2.82. The molecule has 7 nitrogen and oxygen atoms in total. The fourth-order valence-electron chi connectivity index (χ4n) is 3.99. The molecule has 1 saturated heterocycles. The maximum atomic E-state index is 12.3. The van der Waals surface area contributed by atoms with Crippen molar-refractivity contribution in [2.45, 2.75) is 44.7 Å². The van der Waals surface area contributed by atoms with E-state index in [0.29, 0.717) is 6.04 Å². The summed E-state index contributed by atoms with van der Waals surface area (Å²) in [5.74, 6) is 0. The van der Waals surface area contributed by atoms with Gasteiger partial charge >= 0.3 is 6.03 Å². The minimum absolute atomic E-state index is 0.111. The maximum absolute atomic E-state index is 12.3. The molecule has 1 aliphatic heterocycles. The summed E-state index contributed by atoms with van der Waals surface area (Å²) >= 11 is 0. The van der Waals surface area contributed by atoms with E-state index < -0.39 is 0 Å². The highest BCUT2D eigenvalue weighted by molar-refractivity contribution is 5.92. The summed E-state index contributed by atoms with van der Waals surface area (Å²) in [6, 6.07) is 6.10. The molecule has 27 heavy (non-hydrogen) atoms. The number of morpholine rings is 1. The van der Waals surface area contributed by atoms with Crippen LogP contribution in [0.4, 0.5) is 10.5 Å². The molecule has 4 rings (SSSR count). The van der Waals surface area contributed by atoms with E-state index in [2.05, 4.69) is 25.1 Å². The van der Waals surface area contributed by atoms with Crippen LogP contribution < -0.4 is 10.6 Å². The average molecular weight is 371 g/mol. The first-order valence-corrected chi connectivity index (χ1v) is 10.1. The van der Waals surface area contributed by atoms with E-state index >= 15 is 0 Å². The largest absolute Gasteiger partial charge is 0.379 e. The lowest BCUT2D eigenvalue weighted by atomic mass is 9.96. The van der Waals surface area contributed by atoms with Gasteiger partial charge in [-0.15, -0.1) is 0 Å². The van der Waals surface area contributed by atoms with Crippen molar-refractivity contribution in [2.24, 2.45) is 0 Å². The van der Waals surface area contributed by atoms with Crippen molar-refractivity contribution in [3.05, 3.63) is 24.5 Å². The third kappa shape index (κ3) is 4.78. The van der Waals surface area contributed by atoms with Crippen molar-refractivity contribution < 1.29 is 9.53 Å². The number of fused-ring (bicyclic) bond motifs is 1. The molecule has 2 aliphatic rings. The number of rotatable bonds is 5. The van der Waals surface area contributed by atoms with Crippen molar-refractivity contribution in [3.8, 4) is 0 Å². The predicted molar refractivity (Wildman–Crippen MR) is 106 cm³/mol. The van der Waals surface area contributed by atoms with Crippen molar-refractivity contribution in [3.63, 3.8) is 0 Å². The number of hydrogen-bond acceptors (Lipinski definition) is 4. The topological polar surface area (TPSA) is 71.4 Å². The molecule has 1 saturated carbocycles. The Bertz CT molecular complexity index is 763. The predicted octanol–water partition coefficient (Wildman–Crippen LogP) is 2.82. The number of aromatic nitrogens is 2. The van der Waals surface area contributed by atoms with Crippen LogP contribution in [0.1, 0.15) is 32.1 Å². The number of urea groups is 1. The first-order valence-electron chi connectivity index (χ1n) is 10.1. The zero-order valence-corrected chi connectivity index (χ0v) is 15.8. The number of hydrogen-bond donors (Lipinski definition) is 2. The number of imidazole rings is 1. The molecule has 1 aromatic carbocycles. The molecule has 0 unspecified atom stereocenters. The molecule has 1 aliphatic carbocycles. The Morgan fingerprint density at radius 1 is 1.15 bits per heavy atom. The number of carbonyl (C=O) groups is 1. The highest BCUT2D eigenvalue weighted by atomic mass is 16.5. The second-order valence-electron chi connectivity index (χ2n) is 7.53. The summed E-state index contributed by atoms with van der Waals surface area (Å²) in [5, 5.41) is 6.09. The SMILES string of the molecule is O=C(Nc1ccc2ncn(CCN3CCOCC3)c2c1)NC1CCCCC1. The standard InChI is InChI=1S/C20H29N5O2/c26-20(22-16-4-2-1-3-5-16)23-17-6-7-18-19(14-17)25(15-21-18)9-8-24-10-12-27-13-11-24/h6-7,14-16H,1-5,8-13H2,(H2,22,23,26). The lowest BCUT2D eigenvalue weighted by Crippen LogP contribution is -2.39. The van der Waals surface area contributed by atoms with Gasteiger partial charge in [0.1, 0.15) is 0 Å². The molecule has 0 bridgehead atoms. The molecule has 2 N–H and O–H groups in total. The molecule has 0 spiro atoms. The molecule has 2 fully saturated rings. The van der Waals surface area contributed by atoms with E-state index in [1.165, 1.54) is 19.3 Å². The fraction of sp³-hybridized carbons (Fsp3) is 0.600. The van der Waals surface area contributed by atoms with E-state index in [1.807, 2.05) is 24.5 Å². The van der Waals surface area contributed by atoms with Crippen LogP contribution in [0.3, 0.4) is 0 Å². The van der Waals surface area contributed by atoms with Gasteiger partial charge in [0.2, 0.25) is 0 Å². The second kappa shape index (κ2) is 8.71. The van der Waals surface area contributed by atoms with Gasteiger partial charge in [0.15, 0.2) is 0 Å². The Morgan fingerprint density at radius 2 is 1.96 bits per heavy atom. The minimum atomic E-state index is -0.111. The number of carbonyl (C=O) groups excluding carboxylic acids is 1. The van der Waals surface area contributed by atoms with Crippen LogP contribution in [0.25, 0.3) is 11.0 Å². The zero-order chi connectivity index (χ0) is 18.5. The number of anilines is 1. The smallest absolute Gasteiger partial charge is 0.319 e. The van der Waals surface area contributed by atoms with Crippen molar-refractivity contribution >= 4 is 22.8 Å². The Labute approximate surface area is 160 Å². The third-order valence-corrected chi connectivity index (χ3v) is 5.58. The highest BCUT2D eigenvalue weighted by Crippen LogP contribution is 2.20. The van der Waals surface area contributed by atoms with Crippen LogP contribution >= 0.6 is 0 Å². The van der Waals surface area contributed by atoms with Crippen LogP contribution in [-0.4, -0.2) is 59.4 Å². The van der Waals surface area contributed by atoms with Gasteiger partial charge in [0.05, 0.1) is 30.6 Å². The number of amides is 2. The van der Waals surface area contributed by atoms with Crippen LogP contribution in [0.15, 0.2) is 24.5 Å². The average Bonchev–Trinajstić information content (AvgIpc) is 3.10. The number of nitrogens with one attached hydrogen (secondary N) is 2. The van der Waals surface area contributed by atoms with Crippen molar-refractivity contribution in [2.75, 3.05) is 38.2 Å². The summed E-state index contributed by atoms with van der Waals surface area (Å²) in [6.07, 6.45) is 7.75. The number of ether oxygens (including phenoxy) is 1. The third-order valence-electron chi connectivity index (χ3n) is 5.58. The summed E-state index contributed by atoms with van der Waals surface area (Å²) in [7, 11) is 0. The van der Waals surface area contributed by atoms with Gasteiger partial charge in [-0.25, -0.2) is 9.78 Å². The molecule has 2 aromatic rings. The van der Waals surface area contributed by atoms with Crippen LogP contribution in [0.2, 0.25) is 0 Å². The Kier molecular flexibility index (Phi) is 5.89. The van der Waals surface area contributed by atoms with Gasteiger partial charge in [0, 0.05) is 37.9 Å². The lowest BCUT2D eigenvalue weighted by Gasteiger charge is -2.26. The van der Waals surface area contributed by atoms with Gasteiger partial charge in [-0.3, -0.25) is 4.90 Å². The maximum Gasteiger partial charge on any atom is 0.319 e. The van der Waals surface area contributed by atoms with E-state index in [9.17, 15) is 4.79 Å². The van der Waals surface area contributed by atoms with E-state index in [-0.39, 0.29) is 6.03 Å². The summed E-state index contributed by atoms with van der Waals surface area (Å²) in [4.78, 5) is 19.2. The fourth-order valence-corrected chi connectivity index (χ4v) is 3.99. The molecule has 1 aromatic heterocycles. The van der Waals surface area contributed by atoms with E-state index in [1.54, 1.807) is 0 Å². The summed E-state index contributed by atoms with van der Waals surface area (Å²) < 4.78 is 7.57. The van der Waals surface area contributed by atoms with Crippen molar-refractivity contribution in [1.82, 2.24) is 19.8 Å². The van der Waals surface area contributed by atoms with Crippen LogP contribution in [-0.2, 0) is 11.3 Å². The second-order valence-corrected chi connectivity index (χ2v) is 7.53. The molecule has 2 heterocycles. The molecular weight excluding hydrogens is 342 g/mol. The number of benzene rings is 1. The van der Waals surface area contributed by atoms with Gasteiger partial charge in [-0.1, -0.05) is 19.3 Å². The monoisotopic (exact) mass is 371 g/mol. The summed E-state index contributed by atoms with van der Waals surface area (Å²) in [6.45, 7) is 5.47. The molecular formula is C20H29N5O2. The normalized spacial score (nSPS) is 19.3. The molecule has 7 heteroatoms. The van der Waals surface area contributed by atoms with Gasteiger partial charge in [-0.05, 0) is 31.0 Å². The van der Waals surface area contributed by atoms with Crippen LogP contribution in [0, 0.1) is 0 Å². The first kappa shape index (κ1) is 18.3. The van der Waals surface area contributed by atoms with Crippen LogP contribution in [0.5, 0.6) is 0 Å². The Balaban J connectivity index is 1.37.